The number of thiophene rings is 1. The lowest BCUT2D eigenvalue weighted by molar-refractivity contribution is 0.446. The van der Waals surface area contributed by atoms with E-state index in [1.54, 1.807) is 11.3 Å². The molecule has 1 aliphatic heterocycles. The SMILES string of the molecule is CC1(C)CCSC(=NCCc2ccc(Cl)s2)N1. The molecule has 0 saturated carbocycles. The number of halogens is 1. The standard InChI is InChI=1S/C12H17ClN2S2/c1-12(2)6-8-16-11(15-12)14-7-5-9-3-4-10(13)17-9/h3-4H,5-8H2,1-2H3,(H,14,15). The predicted molar refractivity (Wildman–Crippen MR) is 79.6 cm³/mol. The first-order valence-electron chi connectivity index (χ1n) is 5.75. The van der Waals surface area contributed by atoms with E-state index in [1.165, 1.54) is 11.3 Å². The van der Waals surface area contributed by atoms with Crippen LogP contribution >= 0.6 is 34.7 Å². The fourth-order valence-electron chi connectivity index (χ4n) is 1.63. The zero-order chi connectivity index (χ0) is 12.3. The Morgan fingerprint density at radius 2 is 2.29 bits per heavy atom. The van der Waals surface area contributed by atoms with Crippen LogP contribution in [0, 0.1) is 0 Å². The first-order valence-corrected chi connectivity index (χ1v) is 7.93. The van der Waals surface area contributed by atoms with E-state index in [2.05, 4.69) is 30.2 Å². The normalized spacial score (nSPS) is 21.5. The summed E-state index contributed by atoms with van der Waals surface area (Å²) in [5.74, 6) is 1.16. The molecular weight excluding hydrogens is 272 g/mol. The van der Waals surface area contributed by atoms with Crippen molar-refractivity contribution in [1.82, 2.24) is 5.32 Å². The highest BCUT2D eigenvalue weighted by atomic mass is 35.5. The second-order valence-electron chi connectivity index (χ2n) is 4.75. The van der Waals surface area contributed by atoms with Gasteiger partial charge in [-0.3, -0.25) is 4.99 Å². The topological polar surface area (TPSA) is 24.4 Å². The monoisotopic (exact) mass is 288 g/mol. The molecule has 0 bridgehead atoms. The fraction of sp³-hybridized carbons (Fsp3) is 0.583. The Morgan fingerprint density at radius 3 is 2.94 bits per heavy atom. The summed E-state index contributed by atoms with van der Waals surface area (Å²) >= 11 is 9.36. The maximum atomic E-state index is 5.89. The van der Waals surface area contributed by atoms with Gasteiger partial charge < -0.3 is 5.32 Å². The highest BCUT2D eigenvalue weighted by Gasteiger charge is 2.23. The number of thioether (sulfide) groups is 1. The third kappa shape index (κ3) is 4.19. The first kappa shape index (κ1) is 13.2. The Labute approximate surface area is 116 Å². The van der Waals surface area contributed by atoms with E-state index in [0.717, 1.165) is 28.2 Å². The van der Waals surface area contributed by atoms with Crippen molar-refractivity contribution < 1.29 is 0 Å². The first-order chi connectivity index (χ1) is 8.05. The summed E-state index contributed by atoms with van der Waals surface area (Å²) in [4.78, 5) is 5.92. The molecule has 0 radical (unpaired) electrons. The van der Waals surface area contributed by atoms with Crippen LogP contribution in [0.5, 0.6) is 0 Å². The smallest absolute Gasteiger partial charge is 0.156 e. The van der Waals surface area contributed by atoms with Crippen LogP contribution in [0.3, 0.4) is 0 Å². The minimum absolute atomic E-state index is 0.191. The molecule has 2 nitrogen and oxygen atoms in total. The minimum atomic E-state index is 0.191. The maximum Gasteiger partial charge on any atom is 0.156 e. The third-order valence-corrected chi connectivity index (χ3v) is 4.86. The Bertz CT molecular complexity index is 412. The van der Waals surface area contributed by atoms with Crippen molar-refractivity contribution in [2.75, 3.05) is 12.3 Å². The lowest BCUT2D eigenvalue weighted by atomic mass is 10.0. The highest BCUT2D eigenvalue weighted by Crippen LogP contribution is 2.23. The largest absolute Gasteiger partial charge is 0.360 e. The summed E-state index contributed by atoms with van der Waals surface area (Å²) in [6.45, 7) is 5.28. The lowest BCUT2D eigenvalue weighted by Gasteiger charge is -2.32. The summed E-state index contributed by atoms with van der Waals surface area (Å²) < 4.78 is 0.860. The van der Waals surface area contributed by atoms with Crippen LogP contribution in [0.2, 0.25) is 4.34 Å². The minimum Gasteiger partial charge on any atom is -0.360 e. The van der Waals surface area contributed by atoms with Gasteiger partial charge in [0.1, 0.15) is 0 Å². The van der Waals surface area contributed by atoms with Gasteiger partial charge in [0.2, 0.25) is 0 Å². The quantitative estimate of drug-likeness (QED) is 0.915. The van der Waals surface area contributed by atoms with Crippen LogP contribution in [0.25, 0.3) is 0 Å². The number of nitrogens with one attached hydrogen (secondary N) is 1. The molecule has 1 aromatic heterocycles. The Balaban J connectivity index is 1.84. The van der Waals surface area contributed by atoms with Gasteiger partial charge in [-0.15, -0.1) is 11.3 Å². The van der Waals surface area contributed by atoms with Crippen LogP contribution in [0.1, 0.15) is 25.1 Å². The van der Waals surface area contributed by atoms with Crippen molar-refractivity contribution in [3.05, 3.63) is 21.3 Å². The van der Waals surface area contributed by atoms with E-state index in [4.69, 9.17) is 11.6 Å². The van der Waals surface area contributed by atoms with E-state index >= 15 is 0 Å². The lowest BCUT2D eigenvalue weighted by Crippen LogP contribution is -2.46. The number of hydrogen-bond donors (Lipinski definition) is 1. The summed E-state index contributed by atoms with van der Waals surface area (Å²) in [5, 5.41) is 4.56. The van der Waals surface area contributed by atoms with Gasteiger partial charge in [0, 0.05) is 29.1 Å². The predicted octanol–water partition coefficient (Wildman–Crippen LogP) is 3.81. The summed E-state index contributed by atoms with van der Waals surface area (Å²) in [5.41, 5.74) is 0.191. The molecular formula is C12H17ClN2S2. The molecule has 5 heteroatoms. The molecule has 0 aliphatic carbocycles. The average molecular weight is 289 g/mol. The van der Waals surface area contributed by atoms with E-state index < -0.39 is 0 Å². The van der Waals surface area contributed by atoms with Gasteiger partial charge in [-0.25, -0.2) is 0 Å². The molecule has 0 spiro atoms. The van der Waals surface area contributed by atoms with E-state index in [0.29, 0.717) is 0 Å². The molecule has 94 valence electrons. The number of nitrogens with zero attached hydrogens (tertiary/aromatic N) is 1. The summed E-state index contributed by atoms with van der Waals surface area (Å²) in [7, 11) is 0. The van der Waals surface area contributed by atoms with Gasteiger partial charge in [0.15, 0.2) is 5.17 Å². The summed E-state index contributed by atoms with van der Waals surface area (Å²) in [6.07, 6.45) is 2.17. The van der Waals surface area contributed by atoms with Gasteiger partial charge in [0.05, 0.1) is 4.34 Å². The summed E-state index contributed by atoms with van der Waals surface area (Å²) in [6, 6.07) is 4.03. The molecule has 2 rings (SSSR count). The molecule has 2 heterocycles. The Hall–Kier alpha value is -0.190. The Morgan fingerprint density at radius 1 is 1.47 bits per heavy atom. The molecule has 0 amide bonds. The van der Waals surface area contributed by atoms with Crippen molar-refractivity contribution >= 4 is 39.9 Å². The maximum absolute atomic E-state index is 5.89. The van der Waals surface area contributed by atoms with Crippen LogP contribution in [0.4, 0.5) is 0 Å². The average Bonchev–Trinajstić information content (AvgIpc) is 2.63. The van der Waals surface area contributed by atoms with Crippen LogP contribution < -0.4 is 5.32 Å². The van der Waals surface area contributed by atoms with Gasteiger partial charge in [-0.1, -0.05) is 23.4 Å². The van der Waals surface area contributed by atoms with Crippen molar-refractivity contribution in [2.24, 2.45) is 4.99 Å². The second kappa shape index (κ2) is 5.63. The molecule has 1 fully saturated rings. The fourth-order valence-corrected chi connectivity index (χ4v) is 4.04. The number of aliphatic imine (C=N–C) groups is 1. The highest BCUT2D eigenvalue weighted by molar-refractivity contribution is 8.13. The molecule has 0 atom stereocenters. The van der Waals surface area contributed by atoms with Crippen LogP contribution in [-0.4, -0.2) is 23.0 Å². The van der Waals surface area contributed by atoms with Crippen molar-refractivity contribution in [2.45, 2.75) is 32.2 Å². The van der Waals surface area contributed by atoms with Gasteiger partial charge in [0.25, 0.3) is 0 Å². The second-order valence-corrected chi connectivity index (χ2v) is 7.63. The van der Waals surface area contributed by atoms with Crippen molar-refractivity contribution in [3.8, 4) is 0 Å². The third-order valence-electron chi connectivity index (χ3n) is 2.65. The van der Waals surface area contributed by atoms with Gasteiger partial charge in [-0.05, 0) is 32.4 Å². The zero-order valence-corrected chi connectivity index (χ0v) is 12.5. The van der Waals surface area contributed by atoms with Crippen LogP contribution in [-0.2, 0) is 6.42 Å². The zero-order valence-electron chi connectivity index (χ0n) is 10.1. The van der Waals surface area contributed by atoms with Crippen molar-refractivity contribution in [3.63, 3.8) is 0 Å². The molecule has 1 N–H and O–H groups in total. The molecule has 1 aromatic rings. The Kier molecular flexibility index (Phi) is 4.39. The molecule has 1 aliphatic rings. The molecule has 0 aromatic carbocycles. The number of hydrogen-bond acceptors (Lipinski definition) is 3. The van der Waals surface area contributed by atoms with E-state index in [1.807, 2.05) is 17.8 Å². The van der Waals surface area contributed by atoms with Crippen LogP contribution in [0.15, 0.2) is 17.1 Å². The number of amidine groups is 1. The number of rotatable bonds is 3. The van der Waals surface area contributed by atoms with Crippen molar-refractivity contribution in [1.29, 1.82) is 0 Å². The molecule has 17 heavy (non-hydrogen) atoms. The van der Waals surface area contributed by atoms with Gasteiger partial charge >= 0.3 is 0 Å². The van der Waals surface area contributed by atoms with E-state index in [9.17, 15) is 0 Å². The molecule has 1 saturated heterocycles. The van der Waals surface area contributed by atoms with Gasteiger partial charge in [-0.2, -0.15) is 0 Å². The van der Waals surface area contributed by atoms with E-state index in [-0.39, 0.29) is 5.54 Å². The molecule has 0 unspecified atom stereocenters.